The summed E-state index contributed by atoms with van der Waals surface area (Å²) >= 11 is 0. The first-order valence-corrected chi connectivity index (χ1v) is 5.73. The lowest BCUT2D eigenvalue weighted by molar-refractivity contribution is -0.0115. The van der Waals surface area contributed by atoms with Crippen molar-refractivity contribution in [3.8, 4) is 0 Å². The van der Waals surface area contributed by atoms with E-state index in [1.165, 1.54) is 5.56 Å². The van der Waals surface area contributed by atoms with Gasteiger partial charge in [-0.25, -0.2) is 0 Å². The molecule has 2 rings (SSSR count). The van der Waals surface area contributed by atoms with Crippen molar-refractivity contribution >= 4 is 0 Å². The van der Waals surface area contributed by atoms with Gasteiger partial charge in [0.1, 0.15) is 0 Å². The minimum atomic E-state index is -0.141. The van der Waals surface area contributed by atoms with E-state index in [-0.39, 0.29) is 11.6 Å². The van der Waals surface area contributed by atoms with Crippen LogP contribution in [0.3, 0.4) is 0 Å². The van der Waals surface area contributed by atoms with Crippen LogP contribution in [-0.2, 0) is 11.2 Å². The molecule has 1 aliphatic rings. The van der Waals surface area contributed by atoms with Crippen LogP contribution in [0.1, 0.15) is 25.3 Å². The van der Waals surface area contributed by atoms with E-state index in [1.807, 2.05) is 12.1 Å². The van der Waals surface area contributed by atoms with Crippen LogP contribution in [0.5, 0.6) is 0 Å². The van der Waals surface area contributed by atoms with Crippen molar-refractivity contribution in [2.24, 2.45) is 5.84 Å². The zero-order chi connectivity index (χ0) is 11.4. The Balaban J connectivity index is 2.06. The van der Waals surface area contributed by atoms with Gasteiger partial charge in [-0.2, -0.15) is 0 Å². The molecule has 1 aromatic rings. The molecule has 1 saturated heterocycles. The van der Waals surface area contributed by atoms with Gasteiger partial charge in [0, 0.05) is 19.0 Å². The molecule has 0 amide bonds. The second-order valence-corrected chi connectivity index (χ2v) is 4.54. The second kappa shape index (κ2) is 4.91. The molecule has 0 aliphatic carbocycles. The van der Waals surface area contributed by atoms with Gasteiger partial charge < -0.3 is 4.74 Å². The number of nitrogens with zero attached hydrogens (tertiary/aromatic N) is 1. The van der Waals surface area contributed by atoms with Crippen LogP contribution in [-0.4, -0.2) is 23.2 Å². The predicted octanol–water partition coefficient (Wildman–Crippen LogP) is 1.03. The van der Waals surface area contributed by atoms with Crippen LogP contribution < -0.4 is 11.3 Å². The SMILES string of the molecule is CC1(C(Cc2ccncc2)NN)CCCO1. The zero-order valence-electron chi connectivity index (χ0n) is 9.65. The fourth-order valence-electron chi connectivity index (χ4n) is 2.28. The van der Waals surface area contributed by atoms with Crippen LogP contribution in [0.25, 0.3) is 0 Å². The standard InChI is InChI=1S/C12H19N3O/c1-12(5-2-8-16-12)11(15-13)9-10-3-6-14-7-4-10/h3-4,6-7,11,15H,2,5,8-9,13H2,1H3. The van der Waals surface area contributed by atoms with Gasteiger partial charge in [0.15, 0.2) is 0 Å². The zero-order valence-corrected chi connectivity index (χ0v) is 9.65. The Morgan fingerprint density at radius 1 is 1.56 bits per heavy atom. The van der Waals surface area contributed by atoms with Gasteiger partial charge in [0.2, 0.25) is 0 Å². The average molecular weight is 221 g/mol. The van der Waals surface area contributed by atoms with E-state index in [4.69, 9.17) is 10.6 Å². The highest BCUT2D eigenvalue weighted by molar-refractivity contribution is 5.13. The van der Waals surface area contributed by atoms with Crippen molar-refractivity contribution in [1.29, 1.82) is 0 Å². The Hall–Kier alpha value is -0.970. The monoisotopic (exact) mass is 221 g/mol. The predicted molar refractivity (Wildman–Crippen MR) is 62.6 cm³/mol. The number of ether oxygens (including phenoxy) is 1. The summed E-state index contributed by atoms with van der Waals surface area (Å²) in [5.74, 6) is 5.64. The normalized spacial score (nSPS) is 26.9. The smallest absolute Gasteiger partial charge is 0.0824 e. The van der Waals surface area contributed by atoms with E-state index in [9.17, 15) is 0 Å². The molecule has 1 aromatic heterocycles. The first-order valence-electron chi connectivity index (χ1n) is 5.73. The van der Waals surface area contributed by atoms with E-state index < -0.39 is 0 Å². The Labute approximate surface area is 96.2 Å². The molecule has 2 heterocycles. The Bertz CT molecular complexity index is 322. The van der Waals surface area contributed by atoms with Gasteiger partial charge in [-0.15, -0.1) is 0 Å². The summed E-state index contributed by atoms with van der Waals surface area (Å²) < 4.78 is 5.81. The highest BCUT2D eigenvalue weighted by atomic mass is 16.5. The van der Waals surface area contributed by atoms with E-state index in [0.717, 1.165) is 25.9 Å². The molecule has 3 N–H and O–H groups in total. The third-order valence-corrected chi connectivity index (χ3v) is 3.38. The molecular weight excluding hydrogens is 202 g/mol. The molecule has 2 atom stereocenters. The number of pyridine rings is 1. The number of hydrogen-bond donors (Lipinski definition) is 2. The lowest BCUT2D eigenvalue weighted by atomic mass is 9.89. The third-order valence-electron chi connectivity index (χ3n) is 3.38. The van der Waals surface area contributed by atoms with Crippen molar-refractivity contribution in [2.75, 3.05) is 6.61 Å². The number of nitrogens with two attached hydrogens (primary N) is 1. The number of aromatic nitrogens is 1. The van der Waals surface area contributed by atoms with Crippen molar-refractivity contribution in [2.45, 2.75) is 37.8 Å². The van der Waals surface area contributed by atoms with Crippen LogP contribution in [0.2, 0.25) is 0 Å². The fraction of sp³-hybridized carbons (Fsp3) is 0.583. The van der Waals surface area contributed by atoms with Gasteiger partial charge in [0.05, 0.1) is 11.6 Å². The molecule has 0 saturated carbocycles. The summed E-state index contributed by atoms with van der Waals surface area (Å²) in [6.45, 7) is 2.97. The first-order chi connectivity index (χ1) is 7.74. The molecule has 4 heteroatoms. The van der Waals surface area contributed by atoms with Crippen molar-refractivity contribution in [3.63, 3.8) is 0 Å². The molecule has 0 aromatic carbocycles. The van der Waals surface area contributed by atoms with Gasteiger partial charge in [-0.3, -0.25) is 16.3 Å². The van der Waals surface area contributed by atoms with Crippen molar-refractivity contribution < 1.29 is 4.74 Å². The Morgan fingerprint density at radius 3 is 2.88 bits per heavy atom. The third kappa shape index (κ3) is 2.40. The summed E-state index contributed by atoms with van der Waals surface area (Å²) in [4.78, 5) is 4.01. The maximum atomic E-state index is 5.81. The van der Waals surface area contributed by atoms with E-state index in [0.29, 0.717) is 0 Å². The minimum absolute atomic E-state index is 0.141. The lowest BCUT2D eigenvalue weighted by Crippen LogP contribution is -2.52. The molecule has 0 bridgehead atoms. The van der Waals surface area contributed by atoms with E-state index in [2.05, 4.69) is 17.3 Å². The van der Waals surface area contributed by atoms with Crippen molar-refractivity contribution in [3.05, 3.63) is 30.1 Å². The summed E-state index contributed by atoms with van der Waals surface area (Å²) in [7, 11) is 0. The molecule has 0 radical (unpaired) electrons. The number of hydrazine groups is 1. The van der Waals surface area contributed by atoms with Gasteiger partial charge in [-0.05, 0) is 43.9 Å². The Kier molecular flexibility index (Phi) is 3.53. The van der Waals surface area contributed by atoms with E-state index in [1.54, 1.807) is 12.4 Å². The van der Waals surface area contributed by atoms with Gasteiger partial charge >= 0.3 is 0 Å². The highest BCUT2D eigenvalue weighted by Gasteiger charge is 2.37. The maximum absolute atomic E-state index is 5.81. The fourth-order valence-corrected chi connectivity index (χ4v) is 2.28. The molecule has 1 aliphatic heterocycles. The second-order valence-electron chi connectivity index (χ2n) is 4.54. The largest absolute Gasteiger partial charge is 0.374 e. The topological polar surface area (TPSA) is 60.2 Å². The average Bonchev–Trinajstić information content (AvgIpc) is 2.75. The molecule has 4 nitrogen and oxygen atoms in total. The summed E-state index contributed by atoms with van der Waals surface area (Å²) in [5, 5.41) is 0. The Morgan fingerprint density at radius 2 is 2.31 bits per heavy atom. The number of hydrogen-bond acceptors (Lipinski definition) is 4. The molecule has 16 heavy (non-hydrogen) atoms. The quantitative estimate of drug-likeness (QED) is 0.589. The van der Waals surface area contributed by atoms with Crippen molar-refractivity contribution in [1.82, 2.24) is 10.4 Å². The summed E-state index contributed by atoms with van der Waals surface area (Å²) in [6, 6.07) is 4.18. The van der Waals surface area contributed by atoms with Crippen LogP contribution in [0.15, 0.2) is 24.5 Å². The van der Waals surface area contributed by atoms with Crippen LogP contribution in [0.4, 0.5) is 0 Å². The maximum Gasteiger partial charge on any atom is 0.0824 e. The summed E-state index contributed by atoms with van der Waals surface area (Å²) in [6.07, 6.45) is 6.66. The van der Waals surface area contributed by atoms with Crippen LogP contribution in [0, 0.1) is 0 Å². The van der Waals surface area contributed by atoms with E-state index >= 15 is 0 Å². The van der Waals surface area contributed by atoms with Gasteiger partial charge in [-0.1, -0.05) is 0 Å². The lowest BCUT2D eigenvalue weighted by Gasteiger charge is -2.32. The van der Waals surface area contributed by atoms with Crippen LogP contribution >= 0.6 is 0 Å². The number of rotatable bonds is 4. The molecule has 88 valence electrons. The molecule has 0 spiro atoms. The first kappa shape index (κ1) is 11.5. The van der Waals surface area contributed by atoms with Gasteiger partial charge in [0.25, 0.3) is 0 Å². The summed E-state index contributed by atoms with van der Waals surface area (Å²) in [5.41, 5.74) is 3.98. The minimum Gasteiger partial charge on any atom is -0.374 e. The molecular formula is C12H19N3O. The molecule has 2 unspecified atom stereocenters. The molecule has 1 fully saturated rings. The number of nitrogens with one attached hydrogen (secondary N) is 1. The highest BCUT2D eigenvalue weighted by Crippen LogP contribution is 2.29.